The molecule has 2 rings (SSSR count). The van der Waals surface area contributed by atoms with Crippen LogP contribution in [-0.2, 0) is 16.4 Å². The molecule has 0 N–H and O–H groups in total. The fourth-order valence-electron chi connectivity index (χ4n) is 2.16. The van der Waals surface area contributed by atoms with Gasteiger partial charge in [-0.15, -0.1) is 0 Å². The van der Waals surface area contributed by atoms with E-state index in [1.165, 1.54) is 4.31 Å². The molecule has 0 radical (unpaired) electrons. The van der Waals surface area contributed by atoms with E-state index in [0.717, 1.165) is 24.8 Å². The summed E-state index contributed by atoms with van der Waals surface area (Å²) in [4.78, 5) is 0.398. The number of aryl methyl sites for hydroxylation is 1. The van der Waals surface area contributed by atoms with Crippen molar-refractivity contribution in [3.8, 4) is 0 Å². The summed E-state index contributed by atoms with van der Waals surface area (Å²) in [6.07, 6.45) is 3.22. The Morgan fingerprint density at radius 2 is 1.83 bits per heavy atom. The van der Waals surface area contributed by atoms with Crippen LogP contribution in [-0.4, -0.2) is 25.8 Å². The lowest BCUT2D eigenvalue weighted by molar-refractivity contribution is 0.357. The molecule has 1 aliphatic carbocycles. The highest BCUT2D eigenvalue weighted by Crippen LogP contribution is 2.36. The minimum Gasteiger partial charge on any atom is -0.207 e. The molecule has 1 aromatic rings. The van der Waals surface area contributed by atoms with Gasteiger partial charge in [-0.3, -0.25) is 0 Å². The zero-order valence-electron chi connectivity index (χ0n) is 11.3. The van der Waals surface area contributed by atoms with Crippen LogP contribution in [0.3, 0.4) is 0 Å². The van der Waals surface area contributed by atoms with Crippen molar-refractivity contribution in [3.63, 3.8) is 0 Å². The van der Waals surface area contributed by atoms with Crippen molar-refractivity contribution in [2.45, 2.75) is 44.0 Å². The SMILES string of the molecule is CCc1ccc(S(=O)(=O)N(C)C(C)C2CC2)cc1. The number of sulfonamides is 1. The fourth-order valence-corrected chi connectivity index (χ4v) is 3.58. The monoisotopic (exact) mass is 267 g/mol. The lowest BCUT2D eigenvalue weighted by atomic mass is 10.2. The average Bonchev–Trinajstić information content (AvgIpc) is 3.21. The normalized spacial score (nSPS) is 18.0. The van der Waals surface area contributed by atoms with E-state index in [0.29, 0.717) is 10.8 Å². The molecule has 4 heteroatoms. The van der Waals surface area contributed by atoms with Crippen LogP contribution in [0.15, 0.2) is 29.2 Å². The first-order valence-electron chi connectivity index (χ1n) is 6.53. The standard InChI is InChI=1S/C14H21NO2S/c1-4-12-5-9-14(10-6-12)18(16,17)15(3)11(2)13-7-8-13/h5-6,9-11,13H,4,7-8H2,1-3H3. The highest BCUT2D eigenvalue weighted by atomic mass is 32.2. The summed E-state index contributed by atoms with van der Waals surface area (Å²) in [7, 11) is -1.65. The zero-order valence-corrected chi connectivity index (χ0v) is 12.1. The van der Waals surface area contributed by atoms with Crippen LogP contribution in [0, 0.1) is 5.92 Å². The number of nitrogens with zero attached hydrogens (tertiary/aromatic N) is 1. The van der Waals surface area contributed by atoms with E-state index >= 15 is 0 Å². The van der Waals surface area contributed by atoms with Gasteiger partial charge in [0.15, 0.2) is 0 Å². The van der Waals surface area contributed by atoms with Gasteiger partial charge >= 0.3 is 0 Å². The molecule has 100 valence electrons. The van der Waals surface area contributed by atoms with E-state index in [1.54, 1.807) is 19.2 Å². The largest absolute Gasteiger partial charge is 0.243 e. The molecule has 0 saturated heterocycles. The summed E-state index contributed by atoms with van der Waals surface area (Å²) in [6, 6.07) is 7.31. The first kappa shape index (κ1) is 13.6. The second-order valence-corrected chi connectivity index (χ2v) is 7.09. The second-order valence-electron chi connectivity index (χ2n) is 5.10. The van der Waals surface area contributed by atoms with Gasteiger partial charge in [0, 0.05) is 13.1 Å². The van der Waals surface area contributed by atoms with E-state index in [9.17, 15) is 8.42 Å². The number of hydrogen-bond donors (Lipinski definition) is 0. The van der Waals surface area contributed by atoms with Crippen molar-refractivity contribution in [3.05, 3.63) is 29.8 Å². The third kappa shape index (κ3) is 2.59. The Bertz CT molecular complexity index is 503. The molecule has 1 aliphatic rings. The molecule has 3 nitrogen and oxygen atoms in total. The third-order valence-corrected chi connectivity index (χ3v) is 5.85. The van der Waals surface area contributed by atoms with Gasteiger partial charge in [-0.2, -0.15) is 4.31 Å². The molecule has 1 aromatic carbocycles. The van der Waals surface area contributed by atoms with Gasteiger partial charge in [0.05, 0.1) is 4.90 Å². The number of benzene rings is 1. The zero-order chi connectivity index (χ0) is 13.3. The van der Waals surface area contributed by atoms with Gasteiger partial charge in [0.25, 0.3) is 0 Å². The molecule has 1 unspecified atom stereocenters. The Balaban J connectivity index is 2.23. The summed E-state index contributed by atoms with van der Waals surface area (Å²) < 4.78 is 26.4. The highest BCUT2D eigenvalue weighted by Gasteiger charge is 2.35. The smallest absolute Gasteiger partial charge is 0.207 e. The molecular weight excluding hydrogens is 246 g/mol. The van der Waals surface area contributed by atoms with Crippen molar-refractivity contribution in [1.82, 2.24) is 4.31 Å². The molecule has 0 spiro atoms. The molecule has 1 fully saturated rings. The third-order valence-electron chi connectivity index (χ3n) is 3.89. The summed E-state index contributed by atoms with van der Waals surface area (Å²) in [5, 5.41) is 0. The average molecular weight is 267 g/mol. The minimum atomic E-state index is -3.33. The van der Waals surface area contributed by atoms with Crippen molar-refractivity contribution >= 4 is 10.0 Å². The van der Waals surface area contributed by atoms with Crippen molar-refractivity contribution in [2.75, 3.05) is 7.05 Å². The van der Waals surface area contributed by atoms with Crippen LogP contribution in [0.5, 0.6) is 0 Å². The van der Waals surface area contributed by atoms with Crippen LogP contribution in [0.2, 0.25) is 0 Å². The van der Waals surface area contributed by atoms with Crippen molar-refractivity contribution in [2.24, 2.45) is 5.92 Å². The number of hydrogen-bond acceptors (Lipinski definition) is 2. The first-order valence-corrected chi connectivity index (χ1v) is 7.97. The lowest BCUT2D eigenvalue weighted by Crippen LogP contribution is -2.36. The summed E-state index contributed by atoms with van der Waals surface area (Å²) in [6.45, 7) is 4.06. The van der Waals surface area contributed by atoms with Gasteiger partial charge in [-0.1, -0.05) is 19.1 Å². The van der Waals surface area contributed by atoms with Gasteiger partial charge in [0.1, 0.15) is 0 Å². The van der Waals surface area contributed by atoms with Crippen LogP contribution in [0.4, 0.5) is 0 Å². The summed E-state index contributed by atoms with van der Waals surface area (Å²) >= 11 is 0. The topological polar surface area (TPSA) is 37.4 Å². The maximum atomic E-state index is 12.4. The van der Waals surface area contributed by atoms with Gasteiger partial charge in [0.2, 0.25) is 10.0 Å². The van der Waals surface area contributed by atoms with E-state index < -0.39 is 10.0 Å². The van der Waals surface area contributed by atoms with Crippen molar-refractivity contribution < 1.29 is 8.42 Å². The molecule has 1 saturated carbocycles. The molecule has 0 heterocycles. The predicted octanol–water partition coefficient (Wildman–Crippen LogP) is 2.67. The molecule has 0 aliphatic heterocycles. The first-order chi connectivity index (χ1) is 8.46. The van der Waals surface area contributed by atoms with Crippen LogP contribution in [0.25, 0.3) is 0 Å². The molecule has 0 bridgehead atoms. The maximum Gasteiger partial charge on any atom is 0.243 e. The molecule has 0 aromatic heterocycles. The summed E-state index contributed by atoms with van der Waals surface area (Å²) in [5.74, 6) is 0.541. The van der Waals surface area contributed by atoms with Gasteiger partial charge in [-0.05, 0) is 49.8 Å². The van der Waals surface area contributed by atoms with Crippen LogP contribution in [0.1, 0.15) is 32.3 Å². The number of rotatable bonds is 5. The second kappa shape index (κ2) is 5.02. The van der Waals surface area contributed by atoms with E-state index in [2.05, 4.69) is 6.92 Å². The molecular formula is C14H21NO2S. The summed E-state index contributed by atoms with van der Waals surface area (Å²) in [5.41, 5.74) is 1.16. The highest BCUT2D eigenvalue weighted by molar-refractivity contribution is 7.89. The van der Waals surface area contributed by atoms with E-state index in [4.69, 9.17) is 0 Å². The Hall–Kier alpha value is -0.870. The van der Waals surface area contributed by atoms with Gasteiger partial charge < -0.3 is 0 Å². The Morgan fingerprint density at radius 3 is 2.28 bits per heavy atom. The fraction of sp³-hybridized carbons (Fsp3) is 0.571. The Labute approximate surface area is 110 Å². The lowest BCUT2D eigenvalue weighted by Gasteiger charge is -2.24. The van der Waals surface area contributed by atoms with Crippen LogP contribution < -0.4 is 0 Å². The quantitative estimate of drug-likeness (QED) is 0.822. The molecule has 1 atom stereocenters. The molecule has 18 heavy (non-hydrogen) atoms. The Kier molecular flexibility index (Phi) is 3.78. The minimum absolute atomic E-state index is 0.0980. The Morgan fingerprint density at radius 1 is 1.28 bits per heavy atom. The maximum absolute atomic E-state index is 12.4. The van der Waals surface area contributed by atoms with Gasteiger partial charge in [-0.25, -0.2) is 8.42 Å². The predicted molar refractivity (Wildman–Crippen MR) is 73.0 cm³/mol. The van der Waals surface area contributed by atoms with E-state index in [-0.39, 0.29) is 6.04 Å². The molecule has 0 amide bonds. The van der Waals surface area contributed by atoms with Crippen molar-refractivity contribution in [1.29, 1.82) is 0 Å². The van der Waals surface area contributed by atoms with Crippen LogP contribution >= 0.6 is 0 Å². The van der Waals surface area contributed by atoms with E-state index in [1.807, 2.05) is 19.1 Å².